The predicted octanol–water partition coefficient (Wildman–Crippen LogP) is 5.93. The Morgan fingerprint density at radius 3 is 2.17 bits per heavy atom. The molecule has 18 heavy (non-hydrogen) atoms. The quantitative estimate of drug-likeness (QED) is 0.525. The fraction of sp³-hybridized carbons (Fsp3) is 0.200. The molecule has 1 unspecified atom stereocenters. The van der Waals surface area contributed by atoms with Gasteiger partial charge in [-0.3, -0.25) is 0 Å². The summed E-state index contributed by atoms with van der Waals surface area (Å²) in [5.41, 5.74) is 2.72. The lowest BCUT2D eigenvalue weighted by atomic mass is 9.94. The van der Waals surface area contributed by atoms with E-state index in [1.54, 1.807) is 0 Å². The Bertz CT molecular complexity index is 505. The van der Waals surface area contributed by atoms with Crippen LogP contribution in [0.5, 0.6) is 0 Å². The molecule has 0 spiro atoms. The van der Waals surface area contributed by atoms with Crippen molar-refractivity contribution in [1.29, 1.82) is 0 Å². The van der Waals surface area contributed by atoms with E-state index in [9.17, 15) is 0 Å². The normalized spacial score (nSPS) is 12.4. The minimum atomic E-state index is 0.497. The van der Waals surface area contributed by atoms with Crippen molar-refractivity contribution in [2.45, 2.75) is 12.3 Å². The highest BCUT2D eigenvalue weighted by molar-refractivity contribution is 9.10. The Labute approximate surface area is 133 Å². The summed E-state index contributed by atoms with van der Waals surface area (Å²) < 4.78 is 2.31. The van der Waals surface area contributed by atoms with Crippen molar-refractivity contribution in [3.63, 3.8) is 0 Å². The predicted molar refractivity (Wildman–Crippen MR) is 88.5 cm³/mol. The molecule has 0 saturated heterocycles. The Kier molecular flexibility index (Phi) is 5.46. The molecular weight excluding hydrogens is 420 g/mol. The van der Waals surface area contributed by atoms with Crippen molar-refractivity contribution < 1.29 is 0 Å². The molecule has 2 aromatic rings. The molecule has 0 saturated carbocycles. The molecule has 0 heterocycles. The van der Waals surface area contributed by atoms with E-state index < -0.39 is 0 Å². The topological polar surface area (TPSA) is 0 Å². The molecule has 94 valence electrons. The lowest BCUT2D eigenvalue weighted by molar-refractivity contribution is 0.773. The van der Waals surface area contributed by atoms with Gasteiger partial charge in [0.15, 0.2) is 0 Å². The molecule has 0 radical (unpaired) electrons. The molecule has 1 atom stereocenters. The lowest BCUT2D eigenvalue weighted by Gasteiger charge is -2.15. The smallest absolute Gasteiger partial charge is 0.0207 e. The van der Waals surface area contributed by atoms with Gasteiger partial charge in [0, 0.05) is 14.3 Å². The number of benzene rings is 2. The van der Waals surface area contributed by atoms with Gasteiger partial charge < -0.3 is 0 Å². The fourth-order valence-corrected chi connectivity index (χ4v) is 3.24. The summed E-state index contributed by atoms with van der Waals surface area (Å²) in [6.07, 6.45) is 1.04. The van der Waals surface area contributed by atoms with Crippen LogP contribution >= 0.6 is 47.8 Å². The second-order valence-electron chi connectivity index (χ2n) is 4.20. The van der Waals surface area contributed by atoms with Gasteiger partial charge in [-0.2, -0.15) is 0 Å². The highest BCUT2D eigenvalue weighted by Gasteiger charge is 2.12. The minimum Gasteiger partial charge on any atom is -0.0921 e. The highest BCUT2D eigenvalue weighted by Crippen LogP contribution is 2.27. The van der Waals surface area contributed by atoms with Crippen LogP contribution in [0.15, 0.2) is 57.5 Å². The van der Waals surface area contributed by atoms with E-state index in [0.717, 1.165) is 16.2 Å². The van der Waals surface area contributed by atoms with Crippen molar-refractivity contribution in [3.8, 4) is 0 Å². The van der Waals surface area contributed by atoms with Gasteiger partial charge in [-0.05, 0) is 41.7 Å². The van der Waals surface area contributed by atoms with Crippen molar-refractivity contribution in [3.05, 3.63) is 68.6 Å². The largest absolute Gasteiger partial charge is 0.0921 e. The molecule has 0 bridgehead atoms. The summed E-state index contributed by atoms with van der Waals surface area (Å²) in [4.78, 5) is 0. The van der Waals surface area contributed by atoms with Gasteiger partial charge in [-0.25, -0.2) is 0 Å². The van der Waals surface area contributed by atoms with Crippen molar-refractivity contribution in [1.82, 2.24) is 0 Å². The Morgan fingerprint density at radius 1 is 0.889 bits per heavy atom. The van der Waals surface area contributed by atoms with Crippen LogP contribution in [0.3, 0.4) is 0 Å². The molecule has 0 aliphatic rings. The first-order chi connectivity index (χ1) is 8.70. The van der Waals surface area contributed by atoms with E-state index in [1.165, 1.54) is 15.6 Å². The Balaban J connectivity index is 2.20. The molecule has 0 nitrogen and oxygen atoms in total. The zero-order chi connectivity index (χ0) is 13.0. The van der Waals surface area contributed by atoms with E-state index in [4.69, 9.17) is 0 Å². The summed E-state index contributed by atoms with van der Waals surface area (Å²) in [5, 5.41) is 0.968. The van der Waals surface area contributed by atoms with Crippen LogP contribution in [0.4, 0.5) is 0 Å². The van der Waals surface area contributed by atoms with Gasteiger partial charge in [0.1, 0.15) is 0 Å². The van der Waals surface area contributed by atoms with Crippen LogP contribution in [-0.4, -0.2) is 5.33 Å². The second kappa shape index (κ2) is 6.88. The molecule has 3 heteroatoms. The van der Waals surface area contributed by atoms with Gasteiger partial charge in [0.2, 0.25) is 0 Å². The third-order valence-corrected chi connectivity index (χ3v) is 5.04. The number of halogens is 3. The summed E-state index contributed by atoms with van der Waals surface area (Å²) >= 11 is 10.7. The van der Waals surface area contributed by atoms with Crippen LogP contribution in [0.2, 0.25) is 0 Å². The molecule has 0 amide bonds. The van der Waals surface area contributed by atoms with Gasteiger partial charge in [-0.1, -0.05) is 78.1 Å². The fourth-order valence-electron chi connectivity index (χ4n) is 1.93. The average Bonchev–Trinajstić information content (AvgIpc) is 2.39. The van der Waals surface area contributed by atoms with Crippen LogP contribution in [0.1, 0.15) is 17.0 Å². The maximum absolute atomic E-state index is 3.63. The first-order valence-corrected chi connectivity index (χ1v) is 8.46. The van der Waals surface area contributed by atoms with Gasteiger partial charge in [0.25, 0.3) is 0 Å². The van der Waals surface area contributed by atoms with Crippen molar-refractivity contribution in [2.75, 3.05) is 5.33 Å². The standard InChI is InChI=1S/C15H13Br3/c16-10-13(11-5-7-14(17)8-6-11)9-12-3-1-2-4-15(12)18/h1-8,13H,9-10H2. The molecule has 0 aliphatic carbocycles. The SMILES string of the molecule is BrCC(Cc1ccccc1Br)c1ccc(Br)cc1. The highest BCUT2D eigenvalue weighted by atomic mass is 79.9. The van der Waals surface area contributed by atoms with E-state index in [2.05, 4.69) is 96.3 Å². The van der Waals surface area contributed by atoms with E-state index in [-0.39, 0.29) is 0 Å². The molecule has 0 N–H and O–H groups in total. The number of rotatable bonds is 4. The van der Waals surface area contributed by atoms with E-state index >= 15 is 0 Å². The zero-order valence-corrected chi connectivity index (χ0v) is 14.5. The molecule has 0 aromatic heterocycles. The zero-order valence-electron chi connectivity index (χ0n) is 9.74. The average molecular weight is 433 g/mol. The van der Waals surface area contributed by atoms with Crippen LogP contribution in [0, 0.1) is 0 Å². The number of alkyl halides is 1. The Hall–Kier alpha value is -0.120. The first-order valence-electron chi connectivity index (χ1n) is 5.75. The second-order valence-corrected chi connectivity index (χ2v) is 6.62. The first kappa shape index (κ1) is 14.3. The summed E-state index contributed by atoms with van der Waals surface area (Å²) in [5.74, 6) is 0.497. The maximum Gasteiger partial charge on any atom is 0.0207 e. The van der Waals surface area contributed by atoms with Crippen molar-refractivity contribution >= 4 is 47.8 Å². The van der Waals surface area contributed by atoms with Gasteiger partial charge in [0.05, 0.1) is 0 Å². The molecule has 0 aliphatic heterocycles. The molecule has 2 aromatic carbocycles. The molecule has 0 fully saturated rings. The molecule has 2 rings (SSSR count). The van der Waals surface area contributed by atoms with Crippen LogP contribution in [0.25, 0.3) is 0 Å². The van der Waals surface area contributed by atoms with E-state index in [0.29, 0.717) is 5.92 Å². The molecular formula is C15H13Br3. The van der Waals surface area contributed by atoms with Crippen LogP contribution in [-0.2, 0) is 6.42 Å². The lowest BCUT2D eigenvalue weighted by Crippen LogP contribution is -2.04. The van der Waals surface area contributed by atoms with Gasteiger partial charge >= 0.3 is 0 Å². The minimum absolute atomic E-state index is 0.497. The summed E-state index contributed by atoms with van der Waals surface area (Å²) in [6.45, 7) is 0. The maximum atomic E-state index is 3.63. The summed E-state index contributed by atoms with van der Waals surface area (Å²) in [6, 6.07) is 17.0. The van der Waals surface area contributed by atoms with E-state index in [1.807, 2.05) is 0 Å². The third kappa shape index (κ3) is 3.69. The summed E-state index contributed by atoms with van der Waals surface area (Å²) in [7, 11) is 0. The third-order valence-electron chi connectivity index (χ3n) is 2.95. The van der Waals surface area contributed by atoms with Crippen molar-refractivity contribution in [2.24, 2.45) is 0 Å². The Morgan fingerprint density at radius 2 is 1.56 bits per heavy atom. The van der Waals surface area contributed by atoms with Gasteiger partial charge in [-0.15, -0.1) is 0 Å². The monoisotopic (exact) mass is 430 g/mol. The number of hydrogen-bond acceptors (Lipinski definition) is 0. The number of hydrogen-bond donors (Lipinski definition) is 0. The van der Waals surface area contributed by atoms with Crippen LogP contribution < -0.4 is 0 Å².